The molecule has 0 saturated heterocycles. The van der Waals surface area contributed by atoms with Crippen molar-refractivity contribution in [1.29, 1.82) is 0 Å². The van der Waals surface area contributed by atoms with E-state index in [0.29, 0.717) is 10.8 Å². The van der Waals surface area contributed by atoms with Crippen molar-refractivity contribution in [2.75, 3.05) is 0 Å². The Morgan fingerprint density at radius 2 is 2.08 bits per heavy atom. The molecular weight excluding hydrogens is 184 g/mol. The Bertz CT molecular complexity index is 332. The second-order valence-corrected chi connectivity index (χ2v) is 3.65. The maximum atomic E-state index is 10.7. The number of carbonyl (C=O) groups is 1. The minimum absolute atomic E-state index is 0.273. The summed E-state index contributed by atoms with van der Waals surface area (Å²) in [6, 6.07) is 5.22. The topological polar surface area (TPSA) is 37.3 Å². The Labute approximate surface area is 83.0 Å². The summed E-state index contributed by atoms with van der Waals surface area (Å²) in [6.45, 7) is 4.03. The summed E-state index contributed by atoms with van der Waals surface area (Å²) >= 11 is 4.21. The van der Waals surface area contributed by atoms with Crippen molar-refractivity contribution in [3.05, 3.63) is 29.3 Å². The summed E-state index contributed by atoms with van der Waals surface area (Å²) in [7, 11) is 0. The summed E-state index contributed by atoms with van der Waals surface area (Å²) in [5.74, 6) is -0.626. The van der Waals surface area contributed by atoms with Crippen molar-refractivity contribution >= 4 is 18.6 Å². The van der Waals surface area contributed by atoms with E-state index in [9.17, 15) is 4.79 Å². The molecule has 13 heavy (non-hydrogen) atoms. The van der Waals surface area contributed by atoms with Gasteiger partial charge in [0, 0.05) is 4.90 Å². The van der Waals surface area contributed by atoms with E-state index in [4.69, 9.17) is 5.11 Å². The highest BCUT2D eigenvalue weighted by molar-refractivity contribution is 7.80. The lowest BCUT2D eigenvalue weighted by molar-refractivity contribution is 0.0693. The molecule has 0 atom stereocenters. The maximum absolute atomic E-state index is 10.7. The summed E-state index contributed by atoms with van der Waals surface area (Å²) in [5.41, 5.74) is 1.25. The van der Waals surface area contributed by atoms with E-state index in [1.807, 2.05) is 19.9 Å². The van der Waals surface area contributed by atoms with Crippen molar-refractivity contribution in [3.8, 4) is 0 Å². The molecule has 0 amide bonds. The van der Waals surface area contributed by atoms with Crippen molar-refractivity contribution in [2.24, 2.45) is 0 Å². The van der Waals surface area contributed by atoms with Gasteiger partial charge in [-0.1, -0.05) is 26.0 Å². The van der Waals surface area contributed by atoms with Crippen LogP contribution >= 0.6 is 12.6 Å². The van der Waals surface area contributed by atoms with Crippen LogP contribution < -0.4 is 0 Å². The monoisotopic (exact) mass is 196 g/mol. The third-order valence-corrected chi connectivity index (χ3v) is 2.42. The van der Waals surface area contributed by atoms with Gasteiger partial charge in [0.15, 0.2) is 0 Å². The van der Waals surface area contributed by atoms with E-state index < -0.39 is 5.97 Å². The van der Waals surface area contributed by atoms with E-state index in [1.165, 1.54) is 0 Å². The summed E-state index contributed by atoms with van der Waals surface area (Å²) in [5, 5.41) is 8.82. The Kier molecular flexibility index (Phi) is 2.98. The Hall–Kier alpha value is -0.960. The summed E-state index contributed by atoms with van der Waals surface area (Å²) in [4.78, 5) is 11.3. The molecule has 2 nitrogen and oxygen atoms in total. The molecule has 0 radical (unpaired) electrons. The molecule has 70 valence electrons. The van der Waals surface area contributed by atoms with Crippen molar-refractivity contribution in [3.63, 3.8) is 0 Å². The highest BCUT2D eigenvalue weighted by Gasteiger charge is 2.12. The molecule has 0 saturated carbocycles. The molecule has 1 aromatic rings. The highest BCUT2D eigenvalue weighted by atomic mass is 32.1. The molecule has 0 aliphatic carbocycles. The van der Waals surface area contributed by atoms with Gasteiger partial charge < -0.3 is 5.11 Å². The van der Waals surface area contributed by atoms with Crippen LogP contribution in [-0.2, 0) is 0 Å². The second-order valence-electron chi connectivity index (χ2n) is 3.20. The molecule has 0 bridgehead atoms. The number of hydrogen-bond acceptors (Lipinski definition) is 2. The van der Waals surface area contributed by atoms with Gasteiger partial charge in [-0.25, -0.2) is 4.79 Å². The molecule has 0 spiro atoms. The lowest BCUT2D eigenvalue weighted by atomic mass is 10.0. The third-order valence-electron chi connectivity index (χ3n) is 1.92. The first-order valence-electron chi connectivity index (χ1n) is 4.09. The average Bonchev–Trinajstić information content (AvgIpc) is 2.03. The molecule has 0 heterocycles. The smallest absolute Gasteiger partial charge is 0.336 e. The van der Waals surface area contributed by atoms with Crippen LogP contribution in [0.15, 0.2) is 23.1 Å². The van der Waals surface area contributed by atoms with Crippen LogP contribution in [0.25, 0.3) is 0 Å². The average molecular weight is 196 g/mol. The zero-order valence-electron chi connectivity index (χ0n) is 7.61. The predicted octanol–water partition coefficient (Wildman–Crippen LogP) is 2.80. The molecular formula is C10H12O2S. The number of carboxylic acids is 1. The van der Waals surface area contributed by atoms with Crippen LogP contribution in [0.2, 0.25) is 0 Å². The van der Waals surface area contributed by atoms with Gasteiger partial charge in [0.2, 0.25) is 0 Å². The molecule has 0 aliphatic heterocycles. The number of carboxylic acid groups (broad SMARTS) is 1. The standard InChI is InChI=1S/C10H12O2S/c1-6(2)7-4-3-5-8(9(7)13)10(11)12/h3-6,13H,1-2H3,(H,11,12). The van der Waals surface area contributed by atoms with Crippen LogP contribution in [0.1, 0.15) is 35.7 Å². The van der Waals surface area contributed by atoms with Crippen LogP contribution in [-0.4, -0.2) is 11.1 Å². The van der Waals surface area contributed by atoms with E-state index in [0.717, 1.165) is 5.56 Å². The van der Waals surface area contributed by atoms with Gasteiger partial charge in [-0.05, 0) is 17.5 Å². The molecule has 0 unspecified atom stereocenters. The van der Waals surface area contributed by atoms with Gasteiger partial charge in [0.05, 0.1) is 5.56 Å². The third kappa shape index (κ3) is 2.04. The number of rotatable bonds is 2. The molecule has 1 rings (SSSR count). The van der Waals surface area contributed by atoms with Crippen molar-refractivity contribution in [1.82, 2.24) is 0 Å². The van der Waals surface area contributed by atoms with Crippen molar-refractivity contribution < 1.29 is 9.90 Å². The zero-order chi connectivity index (χ0) is 10.0. The lowest BCUT2D eigenvalue weighted by Crippen LogP contribution is -2.01. The van der Waals surface area contributed by atoms with E-state index in [1.54, 1.807) is 12.1 Å². The SMILES string of the molecule is CC(C)c1cccc(C(=O)O)c1S. The summed E-state index contributed by atoms with van der Waals surface area (Å²) in [6.07, 6.45) is 0. The number of hydrogen-bond donors (Lipinski definition) is 2. The number of thiol groups is 1. The molecule has 0 aromatic heterocycles. The predicted molar refractivity (Wildman–Crippen MR) is 54.7 cm³/mol. The first kappa shape index (κ1) is 10.1. The Balaban J connectivity index is 3.26. The minimum atomic E-state index is -0.924. The fourth-order valence-electron chi connectivity index (χ4n) is 1.20. The van der Waals surface area contributed by atoms with Gasteiger partial charge >= 0.3 is 5.97 Å². The highest BCUT2D eigenvalue weighted by Crippen LogP contribution is 2.25. The second kappa shape index (κ2) is 3.83. The first-order chi connectivity index (χ1) is 6.04. The number of benzene rings is 1. The van der Waals surface area contributed by atoms with Crippen LogP contribution in [0.5, 0.6) is 0 Å². The van der Waals surface area contributed by atoms with Gasteiger partial charge in [-0.3, -0.25) is 0 Å². The Morgan fingerprint density at radius 1 is 1.46 bits per heavy atom. The largest absolute Gasteiger partial charge is 0.478 e. The lowest BCUT2D eigenvalue weighted by Gasteiger charge is -2.10. The van der Waals surface area contributed by atoms with Crippen LogP contribution in [0.4, 0.5) is 0 Å². The quantitative estimate of drug-likeness (QED) is 0.714. The minimum Gasteiger partial charge on any atom is -0.478 e. The molecule has 1 N–H and O–H groups in total. The van der Waals surface area contributed by atoms with Gasteiger partial charge in [-0.15, -0.1) is 12.6 Å². The van der Waals surface area contributed by atoms with E-state index in [2.05, 4.69) is 12.6 Å². The van der Waals surface area contributed by atoms with Crippen LogP contribution in [0.3, 0.4) is 0 Å². The normalized spacial score (nSPS) is 10.5. The fourth-order valence-corrected chi connectivity index (χ4v) is 1.70. The number of aromatic carboxylic acids is 1. The molecule has 0 fully saturated rings. The molecule has 3 heteroatoms. The fraction of sp³-hybridized carbons (Fsp3) is 0.300. The van der Waals surface area contributed by atoms with Crippen LogP contribution in [0, 0.1) is 0 Å². The van der Waals surface area contributed by atoms with Gasteiger partial charge in [0.25, 0.3) is 0 Å². The van der Waals surface area contributed by atoms with Gasteiger partial charge in [0.1, 0.15) is 0 Å². The summed E-state index contributed by atoms with van der Waals surface area (Å²) < 4.78 is 0. The molecule has 1 aromatic carbocycles. The van der Waals surface area contributed by atoms with E-state index in [-0.39, 0.29) is 5.56 Å². The van der Waals surface area contributed by atoms with E-state index >= 15 is 0 Å². The zero-order valence-corrected chi connectivity index (χ0v) is 8.51. The Morgan fingerprint density at radius 3 is 2.54 bits per heavy atom. The first-order valence-corrected chi connectivity index (χ1v) is 4.54. The van der Waals surface area contributed by atoms with Crippen molar-refractivity contribution in [2.45, 2.75) is 24.7 Å². The van der Waals surface area contributed by atoms with Gasteiger partial charge in [-0.2, -0.15) is 0 Å². The maximum Gasteiger partial charge on any atom is 0.336 e. The molecule has 0 aliphatic rings.